The lowest BCUT2D eigenvalue weighted by Crippen LogP contribution is -2.27. The van der Waals surface area contributed by atoms with Crippen molar-refractivity contribution in [2.45, 2.75) is 38.6 Å². The van der Waals surface area contributed by atoms with Crippen LogP contribution in [0.25, 0.3) is 0 Å². The van der Waals surface area contributed by atoms with Crippen molar-refractivity contribution in [2.75, 3.05) is 14.2 Å². The minimum atomic E-state index is 0.486. The number of ether oxygens (including phenoxy) is 1. The van der Waals surface area contributed by atoms with Gasteiger partial charge >= 0.3 is 0 Å². The average molecular weight is 223 g/mol. The van der Waals surface area contributed by atoms with Crippen molar-refractivity contribution >= 4 is 0 Å². The Bertz CT molecular complexity index is 304. The highest BCUT2D eigenvalue weighted by Gasteiger charge is 2.08. The molecule has 0 saturated heterocycles. The van der Waals surface area contributed by atoms with Crippen molar-refractivity contribution in [3.05, 3.63) is 18.1 Å². The summed E-state index contributed by atoms with van der Waals surface area (Å²) in [5.41, 5.74) is 1.03. The van der Waals surface area contributed by atoms with E-state index in [1.54, 1.807) is 13.4 Å². The molecule has 1 atom stereocenters. The van der Waals surface area contributed by atoms with Crippen LogP contribution in [0, 0.1) is 0 Å². The van der Waals surface area contributed by atoms with E-state index >= 15 is 0 Å². The maximum absolute atomic E-state index is 5.08. The largest absolute Gasteiger partial charge is 0.481 e. The SMILES string of the molecule is CCCCC(Cc1cc(OC)ncn1)NC. The molecule has 1 N–H and O–H groups in total. The van der Waals surface area contributed by atoms with Gasteiger partial charge in [0.05, 0.1) is 7.11 Å². The maximum atomic E-state index is 5.08. The summed E-state index contributed by atoms with van der Waals surface area (Å²) in [5, 5.41) is 3.32. The zero-order valence-electron chi connectivity index (χ0n) is 10.4. The average Bonchev–Trinajstić information content (AvgIpc) is 2.34. The van der Waals surface area contributed by atoms with E-state index in [4.69, 9.17) is 4.74 Å². The number of nitrogens with zero attached hydrogens (tertiary/aromatic N) is 2. The Balaban J connectivity index is 2.55. The first kappa shape index (κ1) is 12.9. The molecule has 0 amide bonds. The molecule has 0 saturated carbocycles. The van der Waals surface area contributed by atoms with Crippen LogP contribution in [0.4, 0.5) is 0 Å². The highest BCUT2D eigenvalue weighted by molar-refractivity contribution is 5.14. The van der Waals surface area contributed by atoms with Gasteiger partial charge in [0.15, 0.2) is 0 Å². The fourth-order valence-electron chi connectivity index (χ4n) is 1.65. The van der Waals surface area contributed by atoms with Gasteiger partial charge in [-0.25, -0.2) is 9.97 Å². The summed E-state index contributed by atoms with van der Waals surface area (Å²) in [6, 6.07) is 2.38. The molecular formula is C12H21N3O. The predicted octanol–water partition coefficient (Wildman–Crippen LogP) is 1.81. The molecule has 0 radical (unpaired) electrons. The van der Waals surface area contributed by atoms with Gasteiger partial charge in [-0.1, -0.05) is 19.8 Å². The molecule has 1 unspecified atom stereocenters. The summed E-state index contributed by atoms with van der Waals surface area (Å²) in [6.45, 7) is 2.21. The fraction of sp³-hybridized carbons (Fsp3) is 0.667. The maximum Gasteiger partial charge on any atom is 0.216 e. The van der Waals surface area contributed by atoms with Gasteiger partial charge in [-0.3, -0.25) is 0 Å². The Kier molecular flexibility index (Phi) is 5.78. The quantitative estimate of drug-likeness (QED) is 0.765. The number of methoxy groups -OCH3 is 1. The number of unbranched alkanes of at least 4 members (excludes halogenated alkanes) is 1. The number of nitrogens with one attached hydrogen (secondary N) is 1. The summed E-state index contributed by atoms with van der Waals surface area (Å²) in [6.07, 6.45) is 6.13. The van der Waals surface area contributed by atoms with E-state index in [9.17, 15) is 0 Å². The lowest BCUT2D eigenvalue weighted by Gasteiger charge is -2.15. The Morgan fingerprint density at radius 1 is 1.44 bits per heavy atom. The Morgan fingerprint density at radius 3 is 2.88 bits per heavy atom. The third-order valence-electron chi connectivity index (χ3n) is 2.68. The molecule has 0 aliphatic rings. The molecule has 90 valence electrons. The van der Waals surface area contributed by atoms with Gasteiger partial charge in [-0.05, 0) is 13.5 Å². The van der Waals surface area contributed by atoms with E-state index in [1.807, 2.05) is 13.1 Å². The number of aromatic nitrogens is 2. The number of hydrogen-bond donors (Lipinski definition) is 1. The van der Waals surface area contributed by atoms with E-state index in [0.29, 0.717) is 11.9 Å². The van der Waals surface area contributed by atoms with Gasteiger partial charge in [0, 0.05) is 24.2 Å². The first-order chi connectivity index (χ1) is 7.80. The molecular weight excluding hydrogens is 202 g/mol. The summed E-state index contributed by atoms with van der Waals surface area (Å²) in [5.74, 6) is 0.635. The Hall–Kier alpha value is -1.16. The normalized spacial score (nSPS) is 12.4. The molecule has 4 nitrogen and oxygen atoms in total. The van der Waals surface area contributed by atoms with Crippen molar-refractivity contribution in [1.82, 2.24) is 15.3 Å². The minimum Gasteiger partial charge on any atom is -0.481 e. The number of rotatable bonds is 7. The van der Waals surface area contributed by atoms with Crippen LogP contribution in [0.15, 0.2) is 12.4 Å². The number of likely N-dealkylation sites (N-methyl/N-ethyl adjacent to an activating group) is 1. The van der Waals surface area contributed by atoms with Gasteiger partial charge < -0.3 is 10.1 Å². The second-order valence-corrected chi connectivity index (χ2v) is 3.88. The van der Waals surface area contributed by atoms with Crippen LogP contribution in [-0.2, 0) is 6.42 Å². The molecule has 1 rings (SSSR count). The predicted molar refractivity (Wildman–Crippen MR) is 64.7 cm³/mol. The van der Waals surface area contributed by atoms with E-state index in [2.05, 4.69) is 22.2 Å². The van der Waals surface area contributed by atoms with Crippen LogP contribution in [0.3, 0.4) is 0 Å². The summed E-state index contributed by atoms with van der Waals surface area (Å²) in [4.78, 5) is 8.25. The highest BCUT2D eigenvalue weighted by Crippen LogP contribution is 2.10. The molecule has 4 heteroatoms. The first-order valence-electron chi connectivity index (χ1n) is 5.82. The molecule has 1 heterocycles. The molecule has 0 bridgehead atoms. The van der Waals surface area contributed by atoms with Crippen LogP contribution in [0.1, 0.15) is 31.9 Å². The fourth-order valence-corrected chi connectivity index (χ4v) is 1.65. The summed E-state index contributed by atoms with van der Waals surface area (Å²) < 4.78 is 5.08. The standard InChI is InChI=1S/C12H21N3O/c1-4-5-6-10(13-2)7-11-8-12(16-3)15-9-14-11/h8-10,13H,4-7H2,1-3H3. The molecule has 0 spiro atoms. The Labute approximate surface area is 97.5 Å². The van der Waals surface area contributed by atoms with Crippen molar-refractivity contribution in [2.24, 2.45) is 0 Å². The molecule has 0 aliphatic heterocycles. The first-order valence-corrected chi connectivity index (χ1v) is 5.82. The van der Waals surface area contributed by atoms with Gasteiger partial charge in [0.25, 0.3) is 0 Å². The van der Waals surface area contributed by atoms with Crippen molar-refractivity contribution in [3.8, 4) is 5.88 Å². The third kappa shape index (κ3) is 4.14. The van der Waals surface area contributed by atoms with Crippen LogP contribution >= 0.6 is 0 Å². The molecule has 0 fully saturated rings. The molecule has 16 heavy (non-hydrogen) atoms. The smallest absolute Gasteiger partial charge is 0.216 e. The Morgan fingerprint density at radius 2 is 2.25 bits per heavy atom. The van der Waals surface area contributed by atoms with Crippen LogP contribution in [0.2, 0.25) is 0 Å². The molecule has 0 aliphatic carbocycles. The summed E-state index contributed by atoms with van der Waals surface area (Å²) in [7, 11) is 3.62. The minimum absolute atomic E-state index is 0.486. The number of hydrogen-bond acceptors (Lipinski definition) is 4. The van der Waals surface area contributed by atoms with Crippen LogP contribution < -0.4 is 10.1 Å². The zero-order valence-corrected chi connectivity index (χ0v) is 10.4. The van der Waals surface area contributed by atoms with Gasteiger partial charge in [0.2, 0.25) is 5.88 Å². The van der Waals surface area contributed by atoms with E-state index in [1.165, 1.54) is 19.3 Å². The van der Waals surface area contributed by atoms with Crippen molar-refractivity contribution < 1.29 is 4.74 Å². The monoisotopic (exact) mass is 223 g/mol. The molecule has 1 aromatic heterocycles. The summed E-state index contributed by atoms with van der Waals surface area (Å²) >= 11 is 0. The van der Waals surface area contributed by atoms with E-state index < -0.39 is 0 Å². The lowest BCUT2D eigenvalue weighted by atomic mass is 10.0. The van der Waals surface area contributed by atoms with Gasteiger partial charge in [0.1, 0.15) is 6.33 Å². The van der Waals surface area contributed by atoms with Crippen molar-refractivity contribution in [3.63, 3.8) is 0 Å². The van der Waals surface area contributed by atoms with E-state index in [-0.39, 0.29) is 0 Å². The highest BCUT2D eigenvalue weighted by atomic mass is 16.5. The topological polar surface area (TPSA) is 47.0 Å². The molecule has 0 aromatic carbocycles. The van der Waals surface area contributed by atoms with Gasteiger partial charge in [-0.15, -0.1) is 0 Å². The van der Waals surface area contributed by atoms with Gasteiger partial charge in [-0.2, -0.15) is 0 Å². The zero-order chi connectivity index (χ0) is 11.8. The van der Waals surface area contributed by atoms with E-state index in [0.717, 1.165) is 12.1 Å². The second kappa shape index (κ2) is 7.17. The van der Waals surface area contributed by atoms with Crippen LogP contribution in [-0.4, -0.2) is 30.2 Å². The molecule has 1 aromatic rings. The van der Waals surface area contributed by atoms with Crippen molar-refractivity contribution in [1.29, 1.82) is 0 Å². The second-order valence-electron chi connectivity index (χ2n) is 3.88. The third-order valence-corrected chi connectivity index (χ3v) is 2.68. The van der Waals surface area contributed by atoms with Crippen LogP contribution in [0.5, 0.6) is 5.88 Å². The lowest BCUT2D eigenvalue weighted by molar-refractivity contribution is 0.395.